The lowest BCUT2D eigenvalue weighted by Gasteiger charge is -2.19. The van der Waals surface area contributed by atoms with E-state index in [9.17, 15) is 9.90 Å². The highest BCUT2D eigenvalue weighted by atomic mass is 16.5. The second kappa shape index (κ2) is 7.89. The highest BCUT2D eigenvalue weighted by Gasteiger charge is 2.33. The van der Waals surface area contributed by atoms with Crippen LogP contribution in [0.2, 0.25) is 0 Å². The number of Topliss-reactive ketones (excluding diaryl/α,β-unsaturated/α-hetero) is 1. The van der Waals surface area contributed by atoms with Gasteiger partial charge in [0.2, 0.25) is 5.78 Å². The van der Waals surface area contributed by atoms with Crippen LogP contribution >= 0.6 is 0 Å². The molecule has 1 aliphatic rings. The average Bonchev–Trinajstić information content (AvgIpc) is 3.03. The number of ether oxygens (including phenoxy) is 1. The summed E-state index contributed by atoms with van der Waals surface area (Å²) >= 11 is 0. The minimum absolute atomic E-state index is 0.138. The lowest BCUT2D eigenvalue weighted by Crippen LogP contribution is -2.17. The second-order valence-electron chi connectivity index (χ2n) is 7.27. The first-order chi connectivity index (χ1) is 14.0. The molecule has 2 heterocycles. The van der Waals surface area contributed by atoms with Crippen LogP contribution in [0.1, 0.15) is 32.6 Å². The molecule has 0 radical (unpaired) electrons. The van der Waals surface area contributed by atoms with Crippen molar-refractivity contribution in [3.05, 3.63) is 94.5 Å². The van der Waals surface area contributed by atoms with E-state index >= 15 is 0 Å². The maximum Gasteiger partial charge on any atom is 0.232 e. The van der Waals surface area contributed by atoms with Crippen molar-refractivity contribution in [2.45, 2.75) is 20.0 Å². The van der Waals surface area contributed by atoms with E-state index in [2.05, 4.69) is 22.0 Å². The van der Waals surface area contributed by atoms with Gasteiger partial charge in [-0.2, -0.15) is 0 Å². The van der Waals surface area contributed by atoms with Crippen molar-refractivity contribution in [3.63, 3.8) is 0 Å². The molecule has 0 aliphatic carbocycles. The molecule has 0 spiro atoms. The molecule has 146 valence electrons. The molecular formula is C24H22N2O3. The summed E-state index contributed by atoms with van der Waals surface area (Å²) in [7, 11) is 1.98. The van der Waals surface area contributed by atoms with Crippen LogP contribution in [-0.4, -0.2) is 27.8 Å². The van der Waals surface area contributed by atoms with E-state index in [1.807, 2.05) is 44.3 Å². The number of fused-ring (bicyclic) bond motifs is 1. The average molecular weight is 386 g/mol. The van der Waals surface area contributed by atoms with E-state index in [4.69, 9.17) is 4.74 Å². The molecule has 5 nitrogen and oxygen atoms in total. The summed E-state index contributed by atoms with van der Waals surface area (Å²) in [5.74, 6) is 0.681. The van der Waals surface area contributed by atoms with Gasteiger partial charge in [-0.15, -0.1) is 0 Å². The molecule has 4 rings (SSSR count). The van der Waals surface area contributed by atoms with Gasteiger partial charge in [0, 0.05) is 25.5 Å². The zero-order chi connectivity index (χ0) is 20.4. The van der Waals surface area contributed by atoms with E-state index in [0.29, 0.717) is 29.0 Å². The number of phenols is 1. The fourth-order valence-corrected chi connectivity index (χ4v) is 3.56. The number of phenolic OH excluding ortho intramolecular Hbond substituents is 1. The number of benzene rings is 2. The summed E-state index contributed by atoms with van der Waals surface area (Å²) in [4.78, 5) is 19.0. The number of nitrogens with zero attached hydrogens (tertiary/aromatic N) is 2. The van der Waals surface area contributed by atoms with Crippen molar-refractivity contribution < 1.29 is 14.6 Å². The van der Waals surface area contributed by atoms with E-state index in [1.165, 1.54) is 5.56 Å². The van der Waals surface area contributed by atoms with E-state index in [0.717, 1.165) is 12.1 Å². The Balaban J connectivity index is 1.65. The SMILES string of the molecule is Cc1cc(O)c(CN(C)Cc2ccccc2)c2c1C(=O)/C(=C\c1ccncc1)O2. The smallest absolute Gasteiger partial charge is 0.232 e. The van der Waals surface area contributed by atoms with Crippen LogP contribution in [0.15, 0.2) is 66.7 Å². The van der Waals surface area contributed by atoms with Crippen LogP contribution in [0.3, 0.4) is 0 Å². The quantitative estimate of drug-likeness (QED) is 0.661. The fourth-order valence-electron chi connectivity index (χ4n) is 3.56. The molecule has 2 aromatic carbocycles. The number of hydrogen-bond donors (Lipinski definition) is 1. The van der Waals surface area contributed by atoms with Crippen molar-refractivity contribution in [3.8, 4) is 11.5 Å². The van der Waals surface area contributed by atoms with Gasteiger partial charge < -0.3 is 9.84 Å². The molecule has 1 aliphatic heterocycles. The van der Waals surface area contributed by atoms with Crippen molar-refractivity contribution in [1.29, 1.82) is 0 Å². The molecule has 0 atom stereocenters. The maximum absolute atomic E-state index is 13.0. The van der Waals surface area contributed by atoms with Crippen LogP contribution in [0.5, 0.6) is 11.5 Å². The number of carbonyl (C=O) groups is 1. The Morgan fingerprint density at radius 1 is 1.10 bits per heavy atom. The summed E-state index contributed by atoms with van der Waals surface area (Å²) in [6.07, 6.45) is 5.04. The molecule has 5 heteroatoms. The Hall–Kier alpha value is -3.44. The number of aryl methyl sites for hydroxylation is 1. The second-order valence-corrected chi connectivity index (χ2v) is 7.27. The molecule has 1 aromatic heterocycles. The lowest BCUT2D eigenvalue weighted by atomic mass is 9.99. The molecule has 29 heavy (non-hydrogen) atoms. The fraction of sp³-hybridized carbons (Fsp3) is 0.167. The van der Waals surface area contributed by atoms with Gasteiger partial charge in [-0.3, -0.25) is 14.7 Å². The van der Waals surface area contributed by atoms with Crippen LogP contribution in [0.25, 0.3) is 6.08 Å². The third-order valence-electron chi connectivity index (χ3n) is 4.95. The van der Waals surface area contributed by atoms with E-state index in [1.54, 1.807) is 24.5 Å². The number of carbonyl (C=O) groups excluding carboxylic acids is 1. The van der Waals surface area contributed by atoms with Gasteiger partial charge >= 0.3 is 0 Å². The topological polar surface area (TPSA) is 62.7 Å². The molecular weight excluding hydrogens is 364 g/mol. The molecule has 0 saturated heterocycles. The van der Waals surface area contributed by atoms with Crippen LogP contribution < -0.4 is 4.74 Å². The maximum atomic E-state index is 13.0. The molecule has 0 unspecified atom stereocenters. The number of rotatable bonds is 5. The van der Waals surface area contributed by atoms with Crippen molar-refractivity contribution in [2.75, 3.05) is 7.05 Å². The van der Waals surface area contributed by atoms with Crippen molar-refractivity contribution in [2.24, 2.45) is 0 Å². The highest BCUT2D eigenvalue weighted by molar-refractivity contribution is 6.15. The first-order valence-electron chi connectivity index (χ1n) is 9.45. The summed E-state index contributed by atoms with van der Waals surface area (Å²) < 4.78 is 5.97. The number of aromatic hydroxyl groups is 1. The normalized spacial score (nSPS) is 14.3. The summed E-state index contributed by atoms with van der Waals surface area (Å²) in [6, 6.07) is 15.4. The van der Waals surface area contributed by atoms with Crippen molar-refractivity contribution >= 4 is 11.9 Å². The number of pyridine rings is 1. The Morgan fingerprint density at radius 3 is 2.55 bits per heavy atom. The first-order valence-corrected chi connectivity index (χ1v) is 9.45. The third-order valence-corrected chi connectivity index (χ3v) is 4.95. The Labute approximate surface area is 169 Å². The van der Waals surface area contributed by atoms with Gasteiger partial charge in [0.25, 0.3) is 0 Å². The van der Waals surface area contributed by atoms with Gasteiger partial charge in [-0.25, -0.2) is 0 Å². The molecule has 3 aromatic rings. The van der Waals surface area contributed by atoms with Crippen molar-refractivity contribution in [1.82, 2.24) is 9.88 Å². The Kier molecular flexibility index (Phi) is 5.14. The largest absolute Gasteiger partial charge is 0.507 e. The van der Waals surface area contributed by atoms with E-state index < -0.39 is 0 Å². The molecule has 0 bridgehead atoms. The number of ketones is 1. The number of aromatic nitrogens is 1. The molecule has 0 fully saturated rings. The van der Waals surface area contributed by atoms with Crippen LogP contribution in [-0.2, 0) is 13.1 Å². The zero-order valence-electron chi connectivity index (χ0n) is 16.4. The zero-order valence-corrected chi connectivity index (χ0v) is 16.4. The lowest BCUT2D eigenvalue weighted by molar-refractivity contribution is 0.101. The van der Waals surface area contributed by atoms with Gasteiger partial charge in [0.05, 0.1) is 11.1 Å². The molecule has 0 saturated carbocycles. The van der Waals surface area contributed by atoms with E-state index in [-0.39, 0.29) is 17.3 Å². The summed E-state index contributed by atoms with van der Waals surface area (Å²) in [5, 5.41) is 10.6. The van der Waals surface area contributed by atoms with Gasteiger partial charge in [0.1, 0.15) is 11.5 Å². The third kappa shape index (κ3) is 3.91. The highest BCUT2D eigenvalue weighted by Crippen LogP contribution is 2.42. The Morgan fingerprint density at radius 2 is 1.83 bits per heavy atom. The van der Waals surface area contributed by atoms with Crippen LogP contribution in [0, 0.1) is 6.92 Å². The van der Waals surface area contributed by atoms with Gasteiger partial charge in [-0.05, 0) is 54.9 Å². The number of hydrogen-bond acceptors (Lipinski definition) is 5. The van der Waals surface area contributed by atoms with Gasteiger partial charge in [-0.1, -0.05) is 30.3 Å². The minimum atomic E-state index is -0.165. The summed E-state index contributed by atoms with van der Waals surface area (Å²) in [6.45, 7) is 2.99. The standard InChI is InChI=1S/C24H22N2O3/c1-16-12-20(27)19(15-26(2)14-18-6-4-3-5-7-18)24-22(16)23(28)21(29-24)13-17-8-10-25-11-9-17/h3-13,27H,14-15H2,1-2H3/b21-13+. The first kappa shape index (κ1) is 18.9. The summed E-state index contributed by atoms with van der Waals surface area (Å²) in [5.41, 5.74) is 3.85. The molecule has 1 N–H and O–H groups in total. The number of allylic oxidation sites excluding steroid dienone is 1. The Bertz CT molecular complexity index is 1080. The predicted octanol–water partition coefficient (Wildman–Crippen LogP) is 4.34. The molecule has 0 amide bonds. The predicted molar refractivity (Wildman–Crippen MR) is 112 cm³/mol. The van der Waals surface area contributed by atoms with Crippen LogP contribution in [0.4, 0.5) is 0 Å². The van der Waals surface area contributed by atoms with Gasteiger partial charge in [0.15, 0.2) is 5.76 Å². The minimum Gasteiger partial charge on any atom is -0.507 e. The monoisotopic (exact) mass is 386 g/mol.